The first-order valence-electron chi connectivity index (χ1n) is 7.83. The summed E-state index contributed by atoms with van der Waals surface area (Å²) in [5.41, 5.74) is -0.876. The number of nitro benzene ring substituents is 1. The van der Waals surface area contributed by atoms with Crippen molar-refractivity contribution in [2.75, 3.05) is 5.32 Å². The van der Waals surface area contributed by atoms with Gasteiger partial charge in [0.1, 0.15) is 6.54 Å². The highest BCUT2D eigenvalue weighted by Crippen LogP contribution is 2.31. The number of aromatic nitrogens is 4. The number of non-ortho nitro benzene ring substituents is 1. The van der Waals surface area contributed by atoms with Crippen LogP contribution in [0.25, 0.3) is 11.4 Å². The van der Waals surface area contributed by atoms with Crippen molar-refractivity contribution in [3.63, 3.8) is 0 Å². The van der Waals surface area contributed by atoms with E-state index in [1.807, 2.05) is 0 Å². The third-order valence-corrected chi connectivity index (χ3v) is 3.94. The van der Waals surface area contributed by atoms with E-state index in [-0.39, 0.29) is 27.8 Å². The average Bonchev–Trinajstić information content (AvgIpc) is 3.11. The number of nitrogens with one attached hydrogen (secondary N) is 1. The van der Waals surface area contributed by atoms with E-state index in [1.165, 1.54) is 24.3 Å². The number of carbonyl (C=O) groups is 1. The van der Waals surface area contributed by atoms with Gasteiger partial charge in [-0.1, -0.05) is 23.7 Å². The third-order valence-electron chi connectivity index (χ3n) is 3.62. The van der Waals surface area contributed by atoms with E-state index in [4.69, 9.17) is 11.6 Å². The minimum atomic E-state index is -4.52. The van der Waals surface area contributed by atoms with Gasteiger partial charge in [0.05, 0.1) is 21.2 Å². The lowest BCUT2D eigenvalue weighted by molar-refractivity contribution is -0.384. The Morgan fingerprint density at radius 3 is 2.66 bits per heavy atom. The summed E-state index contributed by atoms with van der Waals surface area (Å²) >= 11 is 5.89. The summed E-state index contributed by atoms with van der Waals surface area (Å²) < 4.78 is 38.4. The number of halogens is 4. The van der Waals surface area contributed by atoms with Crippen LogP contribution in [0.2, 0.25) is 5.02 Å². The molecule has 29 heavy (non-hydrogen) atoms. The molecule has 3 aromatic rings. The Kier molecular flexibility index (Phi) is 5.46. The Balaban J connectivity index is 1.70. The number of hydrogen-bond donors (Lipinski definition) is 1. The van der Waals surface area contributed by atoms with Crippen LogP contribution in [0, 0.1) is 10.1 Å². The lowest BCUT2D eigenvalue weighted by Gasteiger charge is -2.07. The zero-order valence-corrected chi connectivity index (χ0v) is 15.0. The zero-order valence-electron chi connectivity index (χ0n) is 14.2. The molecular weight excluding hydrogens is 417 g/mol. The number of nitrogens with zero attached hydrogens (tertiary/aromatic N) is 5. The van der Waals surface area contributed by atoms with Crippen molar-refractivity contribution in [3.05, 3.63) is 63.2 Å². The second-order valence-electron chi connectivity index (χ2n) is 5.69. The molecule has 0 unspecified atom stereocenters. The molecule has 0 bridgehead atoms. The first kappa shape index (κ1) is 20.2. The van der Waals surface area contributed by atoms with Crippen molar-refractivity contribution >= 4 is 28.9 Å². The van der Waals surface area contributed by atoms with Crippen LogP contribution in [0.4, 0.5) is 24.5 Å². The second-order valence-corrected chi connectivity index (χ2v) is 6.10. The highest BCUT2D eigenvalue weighted by molar-refractivity contribution is 6.33. The lowest BCUT2D eigenvalue weighted by Crippen LogP contribution is -2.20. The Hall–Kier alpha value is -3.54. The number of tetrazole rings is 1. The predicted molar refractivity (Wildman–Crippen MR) is 95.0 cm³/mol. The number of alkyl halides is 3. The van der Waals surface area contributed by atoms with Crippen LogP contribution in [-0.2, 0) is 17.5 Å². The van der Waals surface area contributed by atoms with E-state index < -0.39 is 29.1 Å². The minimum Gasteiger partial charge on any atom is -0.323 e. The third kappa shape index (κ3) is 4.85. The molecule has 0 aliphatic carbocycles. The molecule has 0 radical (unpaired) electrons. The Bertz CT molecular complexity index is 1090. The van der Waals surface area contributed by atoms with Crippen molar-refractivity contribution in [2.24, 2.45) is 0 Å². The van der Waals surface area contributed by atoms with Gasteiger partial charge < -0.3 is 5.32 Å². The van der Waals surface area contributed by atoms with Gasteiger partial charge in [-0.25, -0.2) is 0 Å². The summed E-state index contributed by atoms with van der Waals surface area (Å²) in [6.45, 7) is -0.403. The molecule has 0 saturated carbocycles. The van der Waals surface area contributed by atoms with Crippen molar-refractivity contribution in [1.29, 1.82) is 0 Å². The second kappa shape index (κ2) is 7.83. The van der Waals surface area contributed by atoms with Gasteiger partial charge in [0.15, 0.2) is 0 Å². The highest BCUT2D eigenvalue weighted by atomic mass is 35.5. The van der Waals surface area contributed by atoms with Gasteiger partial charge in [0, 0.05) is 17.7 Å². The van der Waals surface area contributed by atoms with Gasteiger partial charge >= 0.3 is 6.18 Å². The fourth-order valence-corrected chi connectivity index (χ4v) is 2.52. The summed E-state index contributed by atoms with van der Waals surface area (Å²) in [7, 11) is 0. The molecule has 0 aliphatic rings. The summed E-state index contributed by atoms with van der Waals surface area (Å²) in [5, 5.41) is 24.3. The Morgan fingerprint density at radius 1 is 1.24 bits per heavy atom. The normalized spacial score (nSPS) is 11.3. The van der Waals surface area contributed by atoms with E-state index >= 15 is 0 Å². The minimum absolute atomic E-state index is 0.0382. The smallest absolute Gasteiger partial charge is 0.323 e. The van der Waals surface area contributed by atoms with Crippen LogP contribution in [-0.4, -0.2) is 31.0 Å². The van der Waals surface area contributed by atoms with Crippen LogP contribution < -0.4 is 5.32 Å². The highest BCUT2D eigenvalue weighted by Gasteiger charge is 2.30. The molecule has 150 valence electrons. The van der Waals surface area contributed by atoms with E-state index in [2.05, 4.69) is 20.7 Å². The molecule has 3 rings (SSSR count). The maximum Gasteiger partial charge on any atom is 0.416 e. The molecule has 0 aliphatic heterocycles. The molecule has 1 heterocycles. The molecule has 1 amide bonds. The van der Waals surface area contributed by atoms with E-state index in [1.54, 1.807) is 0 Å². The van der Waals surface area contributed by atoms with Crippen molar-refractivity contribution in [1.82, 2.24) is 20.2 Å². The fraction of sp³-hybridized carbons (Fsp3) is 0.125. The molecule has 0 spiro atoms. The number of benzene rings is 2. The standard InChI is InChI=1S/C16H10ClF3N6O3/c17-12-7-11(26(28)29)4-5-13(12)21-14(27)8-25-23-15(22-24-25)9-2-1-3-10(6-9)16(18,19)20/h1-7H,8H2,(H,21,27). The van der Waals surface area contributed by atoms with Gasteiger partial charge in [-0.3, -0.25) is 14.9 Å². The Morgan fingerprint density at radius 2 is 2.00 bits per heavy atom. The van der Waals surface area contributed by atoms with Gasteiger partial charge in [-0.15, -0.1) is 10.2 Å². The SMILES string of the molecule is O=C(Cn1nnc(-c2cccc(C(F)(F)F)c2)n1)Nc1ccc([N+](=O)[O-])cc1Cl. The molecular formula is C16H10ClF3N6O3. The first-order valence-corrected chi connectivity index (χ1v) is 8.20. The van der Waals surface area contributed by atoms with Crippen molar-refractivity contribution in [2.45, 2.75) is 12.7 Å². The van der Waals surface area contributed by atoms with Crippen molar-refractivity contribution < 1.29 is 22.9 Å². The number of amides is 1. The van der Waals surface area contributed by atoms with Gasteiger partial charge in [0.2, 0.25) is 11.7 Å². The molecule has 9 nitrogen and oxygen atoms in total. The van der Waals surface area contributed by atoms with Crippen LogP contribution in [0.1, 0.15) is 5.56 Å². The number of nitro groups is 1. The number of carbonyl (C=O) groups excluding carboxylic acids is 1. The molecule has 1 aromatic heterocycles. The lowest BCUT2D eigenvalue weighted by atomic mass is 10.1. The van der Waals surface area contributed by atoms with E-state index in [0.29, 0.717) is 0 Å². The zero-order chi connectivity index (χ0) is 21.2. The van der Waals surface area contributed by atoms with Gasteiger partial charge in [0.25, 0.3) is 5.69 Å². The molecule has 0 fully saturated rings. The first-order chi connectivity index (χ1) is 13.6. The van der Waals surface area contributed by atoms with Crippen LogP contribution in [0.15, 0.2) is 42.5 Å². The van der Waals surface area contributed by atoms with E-state index in [9.17, 15) is 28.1 Å². The van der Waals surface area contributed by atoms with Crippen molar-refractivity contribution in [3.8, 4) is 11.4 Å². The number of rotatable bonds is 5. The summed E-state index contributed by atoms with van der Waals surface area (Å²) in [6, 6.07) is 7.89. The van der Waals surface area contributed by atoms with Crippen LogP contribution in [0.3, 0.4) is 0 Å². The monoisotopic (exact) mass is 426 g/mol. The fourth-order valence-electron chi connectivity index (χ4n) is 2.30. The molecule has 13 heteroatoms. The van der Waals surface area contributed by atoms with Crippen LogP contribution in [0.5, 0.6) is 0 Å². The maximum absolute atomic E-state index is 12.8. The Labute approximate surface area is 165 Å². The number of hydrogen-bond acceptors (Lipinski definition) is 6. The molecule has 0 saturated heterocycles. The molecule has 0 atom stereocenters. The largest absolute Gasteiger partial charge is 0.416 e. The summed E-state index contributed by atoms with van der Waals surface area (Å²) in [4.78, 5) is 23.1. The average molecular weight is 427 g/mol. The molecule has 1 N–H and O–H groups in total. The van der Waals surface area contributed by atoms with Gasteiger partial charge in [-0.2, -0.15) is 18.0 Å². The van der Waals surface area contributed by atoms with Gasteiger partial charge in [-0.05, 0) is 23.4 Å². The van der Waals surface area contributed by atoms with Crippen LogP contribution >= 0.6 is 11.6 Å². The van der Waals surface area contributed by atoms with E-state index in [0.717, 1.165) is 23.0 Å². The summed E-state index contributed by atoms with van der Waals surface area (Å²) in [6.07, 6.45) is -4.52. The maximum atomic E-state index is 12.8. The topological polar surface area (TPSA) is 116 Å². The summed E-state index contributed by atoms with van der Waals surface area (Å²) in [5.74, 6) is -0.703. The number of anilines is 1. The predicted octanol–water partition coefficient (Wildman–Crippen LogP) is 3.56. The molecule has 2 aromatic carbocycles. The quantitative estimate of drug-likeness (QED) is 0.492.